The third kappa shape index (κ3) is 61.9. The summed E-state index contributed by atoms with van der Waals surface area (Å²) in [7, 11) is 0. The van der Waals surface area contributed by atoms with Gasteiger partial charge in [-0.25, -0.2) is 9.78 Å². The number of imidazole rings is 1. The normalized spacial score (nSPS) is 12.3. The number of aliphatic carboxylic acids is 2. The number of carboxylic acids is 2. The molecule has 98 heavy (non-hydrogen) atoms. The van der Waals surface area contributed by atoms with Crippen LogP contribution in [-0.2, 0) is 97.1 Å². The van der Waals surface area contributed by atoms with Crippen molar-refractivity contribution >= 4 is 64.7 Å². The van der Waals surface area contributed by atoms with E-state index in [1.165, 1.54) is 45.4 Å². The van der Waals surface area contributed by atoms with Gasteiger partial charge in [-0.2, -0.15) is 0 Å². The molecule has 4 atom stereocenters. The Bertz CT molecular complexity index is 2290. The molecular formula is C67H119N9O22. The van der Waals surface area contributed by atoms with Crippen LogP contribution in [0.5, 0.6) is 0 Å². The average molecular weight is 1400 g/mol. The molecule has 0 saturated carbocycles. The predicted molar refractivity (Wildman–Crippen MR) is 361 cm³/mol. The highest BCUT2D eigenvalue weighted by Crippen LogP contribution is 2.16. The Morgan fingerprint density at radius 2 is 0.939 bits per heavy atom. The van der Waals surface area contributed by atoms with Crippen LogP contribution in [0.1, 0.15) is 180 Å². The van der Waals surface area contributed by atoms with Gasteiger partial charge >= 0.3 is 11.9 Å². The molecule has 0 aliphatic heterocycles. The topological polar surface area (TPSA) is 463 Å². The zero-order valence-electron chi connectivity index (χ0n) is 58.4. The van der Waals surface area contributed by atoms with Crippen molar-refractivity contribution < 1.29 is 106 Å². The summed E-state index contributed by atoms with van der Waals surface area (Å²) in [5.74, 6) is -4.80. The highest BCUT2D eigenvalue weighted by atomic mass is 16.5. The lowest BCUT2D eigenvalue weighted by Gasteiger charge is -2.14. The summed E-state index contributed by atoms with van der Waals surface area (Å²) in [6.07, 6.45) is 22.7. The summed E-state index contributed by atoms with van der Waals surface area (Å²) in [6.45, 7) is 6.58. The maximum Gasteiger partial charge on any atom is 0.326 e. The van der Waals surface area contributed by atoms with Gasteiger partial charge in [0.2, 0.25) is 35.4 Å². The van der Waals surface area contributed by atoms with E-state index in [2.05, 4.69) is 36.6 Å². The van der Waals surface area contributed by atoms with Crippen LogP contribution in [0.15, 0.2) is 12.5 Å². The second-order valence-corrected chi connectivity index (χ2v) is 23.9. The minimum absolute atomic E-state index is 0.0300. The molecule has 6 amide bonds. The van der Waals surface area contributed by atoms with Crippen LogP contribution in [0, 0.1) is 11.8 Å². The van der Waals surface area contributed by atoms with E-state index in [4.69, 9.17) is 59.6 Å². The minimum Gasteiger partial charge on any atom is -0.481 e. The molecular weight excluding hydrogens is 1280 g/mol. The molecule has 0 spiro atoms. The van der Waals surface area contributed by atoms with Gasteiger partial charge in [0.25, 0.3) is 0 Å². The number of carboxylic acid groups (broad SMARTS) is 2. The molecule has 13 N–H and O–H groups in total. The minimum atomic E-state index is -1.19. The van der Waals surface area contributed by atoms with Crippen molar-refractivity contribution in [2.75, 3.05) is 138 Å². The lowest BCUT2D eigenvalue weighted by molar-refractivity contribution is -0.142. The first-order valence-electron chi connectivity index (χ1n) is 34.8. The number of nitrogens with two attached hydrogens (primary N) is 2. The molecule has 0 bridgehead atoms. The second-order valence-electron chi connectivity index (χ2n) is 23.9. The number of hydrogen-bond donors (Lipinski definition) is 11. The second kappa shape index (κ2) is 65.2. The number of ether oxygens (including phenoxy) is 8. The summed E-state index contributed by atoms with van der Waals surface area (Å²) < 4.78 is 43.1. The molecule has 564 valence electrons. The molecule has 31 heteroatoms. The van der Waals surface area contributed by atoms with Gasteiger partial charge in [0.15, 0.2) is 5.78 Å². The van der Waals surface area contributed by atoms with Crippen LogP contribution in [0.2, 0.25) is 0 Å². The lowest BCUT2D eigenvalue weighted by Crippen LogP contribution is -2.41. The average Bonchev–Trinajstić information content (AvgIpc) is 2.11. The highest BCUT2D eigenvalue weighted by Gasteiger charge is 2.22. The maximum absolute atomic E-state index is 12.4. The number of carbonyl (C=O) groups excluding carboxylic acids is 9. The quantitative estimate of drug-likeness (QED) is 0.0418. The van der Waals surface area contributed by atoms with E-state index in [0.29, 0.717) is 38.8 Å². The molecule has 0 aliphatic carbocycles. The third-order valence-electron chi connectivity index (χ3n) is 14.8. The molecule has 1 heterocycles. The number of rotatable bonds is 69. The smallest absolute Gasteiger partial charge is 0.326 e. The number of unbranched alkanes of at least 4 members (excludes halogenated alkanes) is 14. The van der Waals surface area contributed by atoms with Gasteiger partial charge < -0.3 is 101 Å². The van der Waals surface area contributed by atoms with Crippen molar-refractivity contribution in [3.8, 4) is 0 Å². The number of primary amides is 1. The molecule has 1 aromatic heterocycles. The Balaban J connectivity index is 0.00000864. The third-order valence-corrected chi connectivity index (χ3v) is 14.8. The Morgan fingerprint density at radius 3 is 1.38 bits per heavy atom. The van der Waals surface area contributed by atoms with Gasteiger partial charge in [0.05, 0.1) is 97.6 Å². The van der Waals surface area contributed by atoms with E-state index in [9.17, 15) is 57.8 Å². The van der Waals surface area contributed by atoms with Crippen LogP contribution in [0.4, 0.5) is 0 Å². The molecule has 31 nitrogen and oxygen atoms in total. The number of ketones is 3. The molecule has 0 saturated heterocycles. The van der Waals surface area contributed by atoms with Gasteiger partial charge in [-0.1, -0.05) is 96.8 Å². The SMILES string of the molecule is CC(=O)C[C@@H](CO)C(N)=O.C[C@H](CCCCNC(=O)COCCOCCNC(=O)COCCOCCCC(=O)COCCOCCNC(=O)COCCOCCNC(=O)CC[C@H](NC(=O)CCCCCCCCCCCCCCCCC(=O)O)C(=O)O)CC(=O)[C@@H](N)Cc1cnc[nH]1. The molecule has 0 aliphatic rings. The summed E-state index contributed by atoms with van der Waals surface area (Å²) in [5.41, 5.74) is 11.7. The van der Waals surface area contributed by atoms with Crippen LogP contribution in [-0.4, -0.2) is 241 Å². The number of aliphatic hydroxyl groups excluding tert-OH is 1. The largest absolute Gasteiger partial charge is 0.481 e. The number of nitrogens with one attached hydrogen (secondary N) is 6. The maximum atomic E-state index is 12.4. The fourth-order valence-corrected chi connectivity index (χ4v) is 9.31. The first-order valence-corrected chi connectivity index (χ1v) is 34.8. The fourth-order valence-electron chi connectivity index (χ4n) is 9.31. The number of amides is 6. The lowest BCUT2D eigenvalue weighted by atomic mass is 9.94. The molecule has 0 aromatic carbocycles. The van der Waals surface area contributed by atoms with E-state index >= 15 is 0 Å². The van der Waals surface area contributed by atoms with E-state index in [1.807, 2.05) is 6.92 Å². The Morgan fingerprint density at radius 1 is 0.490 bits per heavy atom. The molecule has 0 fully saturated rings. The number of Topliss-reactive ketones (excluding diaryl/α,β-unsaturated/α-hetero) is 3. The summed E-state index contributed by atoms with van der Waals surface area (Å²) in [6, 6.07) is -1.71. The Labute approximate surface area is 578 Å². The van der Waals surface area contributed by atoms with Gasteiger partial charge in [-0.3, -0.25) is 43.2 Å². The first kappa shape index (κ1) is 91.6. The predicted octanol–water partition coefficient (Wildman–Crippen LogP) is 2.73. The fraction of sp³-hybridized carbons (Fsp3) is 0.791. The van der Waals surface area contributed by atoms with Crippen molar-refractivity contribution in [3.05, 3.63) is 18.2 Å². The van der Waals surface area contributed by atoms with Gasteiger partial charge in [0.1, 0.15) is 44.0 Å². The van der Waals surface area contributed by atoms with Crippen molar-refractivity contribution in [1.29, 1.82) is 0 Å². The highest BCUT2D eigenvalue weighted by molar-refractivity contribution is 5.86. The zero-order valence-corrected chi connectivity index (χ0v) is 58.4. The van der Waals surface area contributed by atoms with Gasteiger partial charge in [-0.15, -0.1) is 0 Å². The Hall–Kier alpha value is -6.42. The van der Waals surface area contributed by atoms with Gasteiger partial charge in [0, 0.05) is 89.6 Å². The first-order chi connectivity index (χ1) is 47.2. The zero-order chi connectivity index (χ0) is 72.5. The summed E-state index contributed by atoms with van der Waals surface area (Å²) in [5, 5.41) is 40.1. The standard InChI is InChI=1S/C61H108N8O19.C6H11NO3/c1-49(41-54(71)52(62)42-50-43-63-48-68-50)19-16-17-25-64-57(74)45-87-39-36-84-32-28-67-58(75)46-86-38-33-81-29-18-20-51(70)44-85-37-34-83-31-27-66-59(76)47-88-40-35-82-30-26-65-55(72)24-23-53(61(79)80)69-56(73)21-14-12-10-8-6-4-2-3-5-7-9-11-13-15-22-60(77)78;1-4(9)2-5(3-8)6(7)10/h43,48-49,52-53H,2-42,44-47,62H2,1H3,(H,63,68)(H,64,74)(H,65,72)(H,66,76)(H,67,75)(H,69,73)(H,77,78)(H,79,80);5,8H,2-3H2,1H3,(H2,7,10)/t49-,52+,53+;5-/m10/s1. The number of carbonyl (C=O) groups is 11. The molecule has 1 rings (SSSR count). The van der Waals surface area contributed by atoms with Crippen LogP contribution in [0.3, 0.4) is 0 Å². The number of H-pyrrole nitrogens is 1. The Kier molecular flexibility index (Phi) is 60.9. The van der Waals surface area contributed by atoms with E-state index < -0.39 is 35.8 Å². The summed E-state index contributed by atoms with van der Waals surface area (Å²) >= 11 is 0. The number of hydrogen-bond acceptors (Lipinski definition) is 22. The van der Waals surface area contributed by atoms with Crippen molar-refractivity contribution in [2.45, 2.75) is 193 Å². The number of aliphatic hydroxyl groups is 1. The van der Waals surface area contributed by atoms with Crippen molar-refractivity contribution in [1.82, 2.24) is 36.6 Å². The van der Waals surface area contributed by atoms with E-state index in [0.717, 1.165) is 69.9 Å². The molecule has 1 aromatic rings. The number of nitrogens with zero attached hydrogens (tertiary/aromatic N) is 1. The van der Waals surface area contributed by atoms with Crippen LogP contribution < -0.4 is 38.1 Å². The summed E-state index contributed by atoms with van der Waals surface area (Å²) in [4.78, 5) is 135. The molecule has 0 unspecified atom stereocenters. The van der Waals surface area contributed by atoms with Crippen molar-refractivity contribution in [2.24, 2.45) is 23.3 Å². The van der Waals surface area contributed by atoms with Crippen molar-refractivity contribution in [3.63, 3.8) is 0 Å². The number of aromatic nitrogens is 2. The number of aromatic amines is 1. The monoisotopic (exact) mass is 1400 g/mol. The molecule has 0 radical (unpaired) electrons. The van der Waals surface area contributed by atoms with E-state index in [-0.39, 0.29) is 217 Å². The van der Waals surface area contributed by atoms with Gasteiger partial charge in [-0.05, 0) is 44.9 Å². The van der Waals surface area contributed by atoms with E-state index in [1.54, 1.807) is 12.5 Å². The van der Waals surface area contributed by atoms with Crippen LogP contribution in [0.25, 0.3) is 0 Å². The van der Waals surface area contributed by atoms with Crippen LogP contribution >= 0.6 is 0 Å².